The van der Waals surface area contributed by atoms with Crippen LogP contribution in [0.4, 0.5) is 18.9 Å². The normalized spacial score (nSPS) is 10.7. The second kappa shape index (κ2) is 8.82. The fourth-order valence-electron chi connectivity index (χ4n) is 2.26. The van der Waals surface area contributed by atoms with Crippen LogP contribution in [0, 0.1) is 24.6 Å². The summed E-state index contributed by atoms with van der Waals surface area (Å²) < 4.78 is 39.6. The molecule has 0 unspecified atom stereocenters. The number of aromatic nitrogens is 2. The van der Waals surface area contributed by atoms with Gasteiger partial charge in [0.2, 0.25) is 0 Å². The van der Waals surface area contributed by atoms with E-state index >= 15 is 0 Å². The number of nitrogens with zero attached hydrogens (tertiary/aromatic N) is 2. The summed E-state index contributed by atoms with van der Waals surface area (Å²) in [4.78, 5) is 29.0. The number of alkyl halides is 2. The van der Waals surface area contributed by atoms with Gasteiger partial charge < -0.3 is 9.88 Å². The first-order chi connectivity index (χ1) is 13.7. The van der Waals surface area contributed by atoms with Gasteiger partial charge in [0, 0.05) is 12.3 Å². The highest BCUT2D eigenvalue weighted by Crippen LogP contribution is 2.28. The number of nitrogens with one attached hydrogen (secondary N) is 1. The zero-order valence-corrected chi connectivity index (χ0v) is 17.0. The van der Waals surface area contributed by atoms with Gasteiger partial charge in [-0.25, -0.2) is 18.2 Å². The summed E-state index contributed by atoms with van der Waals surface area (Å²) in [6.45, 7) is 0.865. The monoisotopic (exact) mass is 457 g/mol. The Balaban J connectivity index is 1.81. The van der Waals surface area contributed by atoms with Crippen molar-refractivity contribution in [2.24, 2.45) is 0 Å². The number of anilines is 1. The van der Waals surface area contributed by atoms with E-state index < -0.39 is 30.3 Å². The summed E-state index contributed by atoms with van der Waals surface area (Å²) >= 11 is 8.50. The van der Waals surface area contributed by atoms with Crippen molar-refractivity contribution >= 4 is 45.9 Å². The molecule has 0 radical (unpaired) electrons. The van der Waals surface area contributed by atoms with E-state index in [1.54, 1.807) is 6.20 Å². The minimum Gasteiger partial charge on any atom is -0.320 e. The predicted molar refractivity (Wildman–Crippen MR) is 107 cm³/mol. The van der Waals surface area contributed by atoms with Crippen LogP contribution in [0.15, 0.2) is 29.3 Å². The summed E-state index contributed by atoms with van der Waals surface area (Å²) in [5.41, 5.74) is -0.898. The van der Waals surface area contributed by atoms with E-state index in [1.165, 1.54) is 17.4 Å². The first kappa shape index (κ1) is 21.1. The molecule has 0 spiro atoms. The molecule has 0 bridgehead atoms. The molecule has 3 heterocycles. The number of carbonyl (C=O) groups excluding carboxylic acids is 1. The largest absolute Gasteiger partial charge is 0.320 e. The van der Waals surface area contributed by atoms with Gasteiger partial charge in [-0.1, -0.05) is 17.5 Å². The van der Waals surface area contributed by atoms with E-state index in [0.29, 0.717) is 10.1 Å². The predicted octanol–water partition coefficient (Wildman–Crippen LogP) is 4.38. The number of rotatable bonds is 4. The molecule has 1 N–H and O–H groups in total. The lowest BCUT2D eigenvalue weighted by Gasteiger charge is -2.09. The van der Waals surface area contributed by atoms with Crippen molar-refractivity contribution in [3.8, 4) is 11.8 Å². The zero-order chi connectivity index (χ0) is 21.1. The van der Waals surface area contributed by atoms with Crippen molar-refractivity contribution in [1.82, 2.24) is 9.55 Å². The Morgan fingerprint density at radius 3 is 2.76 bits per heavy atom. The van der Waals surface area contributed by atoms with Crippen LogP contribution in [0.3, 0.4) is 0 Å². The van der Waals surface area contributed by atoms with Gasteiger partial charge in [0.15, 0.2) is 5.82 Å². The molecule has 0 aliphatic rings. The maximum atomic E-state index is 13.7. The van der Waals surface area contributed by atoms with Crippen LogP contribution in [0.1, 0.15) is 25.1 Å². The number of aryl methyl sites for hydroxylation is 1. The maximum Gasteiger partial charge on any atom is 0.286 e. The lowest BCUT2D eigenvalue weighted by Crippen LogP contribution is -2.26. The molecular formula is C18H11ClF3N3O2S2. The van der Waals surface area contributed by atoms with Crippen molar-refractivity contribution in [1.29, 1.82) is 0 Å². The SMILES string of the molecule is Cc1ncc(C#Cc2cc(C(=O)Nc3cc(F)c(=O)n(CC(F)F)c3)sc2Cl)s1. The number of halogens is 4. The van der Waals surface area contributed by atoms with Crippen LogP contribution in [-0.4, -0.2) is 21.9 Å². The lowest BCUT2D eigenvalue weighted by atomic mass is 10.3. The van der Waals surface area contributed by atoms with Gasteiger partial charge in [-0.05, 0) is 18.9 Å². The second-order valence-electron chi connectivity index (χ2n) is 5.67. The van der Waals surface area contributed by atoms with Gasteiger partial charge in [-0.3, -0.25) is 9.59 Å². The number of thiophene rings is 1. The number of hydrogen-bond donors (Lipinski definition) is 1. The topological polar surface area (TPSA) is 64.0 Å². The first-order valence-electron chi connectivity index (χ1n) is 7.96. The lowest BCUT2D eigenvalue weighted by molar-refractivity contribution is 0.103. The third-order valence-corrected chi connectivity index (χ3v) is 5.67. The van der Waals surface area contributed by atoms with Crippen molar-refractivity contribution in [3.63, 3.8) is 0 Å². The Labute approximate surface area is 175 Å². The molecule has 0 saturated carbocycles. The fraction of sp³-hybridized carbons (Fsp3) is 0.167. The van der Waals surface area contributed by atoms with Gasteiger partial charge in [-0.15, -0.1) is 22.7 Å². The fourth-order valence-corrected chi connectivity index (χ4v) is 3.97. The Bertz CT molecular complexity index is 1190. The van der Waals surface area contributed by atoms with Crippen molar-refractivity contribution in [2.45, 2.75) is 19.9 Å². The van der Waals surface area contributed by atoms with Crippen molar-refractivity contribution < 1.29 is 18.0 Å². The van der Waals surface area contributed by atoms with Gasteiger partial charge >= 0.3 is 0 Å². The molecule has 0 saturated heterocycles. The summed E-state index contributed by atoms with van der Waals surface area (Å²) in [6.07, 6.45) is -0.265. The molecule has 3 aromatic heterocycles. The number of amides is 1. The minimum absolute atomic E-state index is 0.134. The molecule has 29 heavy (non-hydrogen) atoms. The van der Waals surface area contributed by atoms with Gasteiger partial charge in [0.05, 0.1) is 38.8 Å². The van der Waals surface area contributed by atoms with E-state index in [0.717, 1.165) is 33.5 Å². The molecule has 0 aliphatic carbocycles. The van der Waals surface area contributed by atoms with Crippen molar-refractivity contribution in [3.05, 3.63) is 65.4 Å². The van der Waals surface area contributed by atoms with E-state index in [2.05, 4.69) is 22.1 Å². The smallest absolute Gasteiger partial charge is 0.286 e. The number of thiazole rings is 1. The average Bonchev–Trinajstić information content (AvgIpc) is 3.22. The number of carbonyl (C=O) groups is 1. The summed E-state index contributed by atoms with van der Waals surface area (Å²) in [7, 11) is 0. The van der Waals surface area contributed by atoms with E-state index in [9.17, 15) is 22.8 Å². The summed E-state index contributed by atoms with van der Waals surface area (Å²) in [5, 5.41) is 3.24. The second-order valence-corrected chi connectivity index (χ2v) is 8.56. The third kappa shape index (κ3) is 5.26. The van der Waals surface area contributed by atoms with Crippen molar-refractivity contribution in [2.75, 3.05) is 5.32 Å². The number of hydrogen-bond acceptors (Lipinski definition) is 5. The average molecular weight is 458 g/mol. The first-order valence-corrected chi connectivity index (χ1v) is 9.97. The van der Waals surface area contributed by atoms with Crippen LogP contribution in [0.25, 0.3) is 0 Å². The maximum absolute atomic E-state index is 13.7. The summed E-state index contributed by atoms with van der Waals surface area (Å²) in [5.74, 6) is 3.87. The molecule has 3 rings (SSSR count). The minimum atomic E-state index is -2.85. The standard InChI is InChI=1S/C18H11ClF3N3O2S2/c1-9-23-6-12(28-9)3-2-10-4-14(29-16(10)19)17(26)24-11-5-13(20)18(27)25(7-11)8-15(21)22/h4-7,15H,8H2,1H3,(H,24,26). The number of pyridine rings is 1. The molecule has 0 aliphatic heterocycles. The molecule has 0 aromatic carbocycles. The highest BCUT2D eigenvalue weighted by molar-refractivity contribution is 7.18. The van der Waals surface area contributed by atoms with Crippen LogP contribution in [0.5, 0.6) is 0 Å². The van der Waals surface area contributed by atoms with E-state index in [1.807, 2.05) is 6.92 Å². The molecule has 1 amide bonds. The zero-order valence-electron chi connectivity index (χ0n) is 14.6. The Morgan fingerprint density at radius 2 is 2.10 bits per heavy atom. The van der Waals surface area contributed by atoms with Crippen LogP contribution in [0.2, 0.25) is 4.34 Å². The highest BCUT2D eigenvalue weighted by atomic mass is 35.5. The molecule has 0 atom stereocenters. The third-order valence-electron chi connectivity index (χ3n) is 3.49. The molecule has 11 heteroatoms. The van der Waals surface area contributed by atoms with Gasteiger partial charge in [0.1, 0.15) is 4.34 Å². The van der Waals surface area contributed by atoms with E-state index in [4.69, 9.17) is 11.6 Å². The van der Waals surface area contributed by atoms with Gasteiger partial charge in [-0.2, -0.15) is 0 Å². The van der Waals surface area contributed by atoms with Gasteiger partial charge in [0.25, 0.3) is 17.9 Å². The quantitative estimate of drug-likeness (QED) is 0.591. The van der Waals surface area contributed by atoms with Crippen LogP contribution >= 0.6 is 34.3 Å². The molecule has 0 fully saturated rings. The van der Waals surface area contributed by atoms with Crippen LogP contribution < -0.4 is 10.9 Å². The Morgan fingerprint density at radius 1 is 1.34 bits per heavy atom. The molecule has 3 aromatic rings. The summed E-state index contributed by atoms with van der Waals surface area (Å²) in [6, 6.07) is 2.24. The Hall–Kier alpha value is -2.61. The highest BCUT2D eigenvalue weighted by Gasteiger charge is 2.16. The molecular weight excluding hydrogens is 447 g/mol. The molecule has 5 nitrogen and oxygen atoms in total. The van der Waals surface area contributed by atoms with Crippen LogP contribution in [-0.2, 0) is 6.54 Å². The Kier molecular flexibility index (Phi) is 6.42. The molecule has 150 valence electrons. The van der Waals surface area contributed by atoms with E-state index in [-0.39, 0.29) is 14.9 Å².